The number of nitrogens with one attached hydrogen (secondary N) is 1. The highest BCUT2D eigenvalue weighted by molar-refractivity contribution is 7.12. The van der Waals surface area contributed by atoms with Crippen LogP contribution in [-0.4, -0.2) is 43.5 Å². The van der Waals surface area contributed by atoms with Gasteiger partial charge in [0, 0.05) is 7.05 Å². The van der Waals surface area contributed by atoms with Crippen molar-refractivity contribution in [2.45, 2.75) is 0 Å². The van der Waals surface area contributed by atoms with E-state index in [0.717, 1.165) is 5.75 Å². The highest BCUT2D eigenvalue weighted by Crippen LogP contribution is 2.08. The van der Waals surface area contributed by atoms with Crippen LogP contribution in [0.5, 0.6) is 5.75 Å². The molecule has 0 aliphatic carbocycles. The highest BCUT2D eigenvalue weighted by Gasteiger charge is 2.12. The van der Waals surface area contributed by atoms with Crippen molar-refractivity contribution in [1.29, 1.82) is 0 Å². The average molecular weight is 318 g/mol. The number of carbonyl (C=O) groups excluding carboxylic acids is 2. The Labute approximate surface area is 133 Å². The molecule has 1 heterocycles. The summed E-state index contributed by atoms with van der Waals surface area (Å²) in [6.07, 6.45) is 0. The minimum Gasteiger partial charge on any atom is -0.492 e. The molecule has 0 saturated heterocycles. The summed E-state index contributed by atoms with van der Waals surface area (Å²) >= 11 is 1.35. The van der Waals surface area contributed by atoms with Crippen molar-refractivity contribution < 1.29 is 14.3 Å². The summed E-state index contributed by atoms with van der Waals surface area (Å²) in [5.74, 6) is 0.396. The van der Waals surface area contributed by atoms with Crippen molar-refractivity contribution in [1.82, 2.24) is 10.2 Å². The Bertz CT molecular complexity index is 599. The fourth-order valence-corrected chi connectivity index (χ4v) is 2.37. The summed E-state index contributed by atoms with van der Waals surface area (Å²) in [6.45, 7) is 0.853. The SMILES string of the molecule is CN(CCOc1ccccc1)C(=O)CNC(=O)c1cccs1. The van der Waals surface area contributed by atoms with E-state index in [1.54, 1.807) is 19.2 Å². The minimum atomic E-state index is -0.225. The topological polar surface area (TPSA) is 58.6 Å². The van der Waals surface area contributed by atoms with Crippen LogP contribution in [0.15, 0.2) is 47.8 Å². The van der Waals surface area contributed by atoms with E-state index in [4.69, 9.17) is 4.74 Å². The van der Waals surface area contributed by atoms with Crippen molar-refractivity contribution in [2.24, 2.45) is 0 Å². The van der Waals surface area contributed by atoms with E-state index in [-0.39, 0.29) is 18.4 Å². The van der Waals surface area contributed by atoms with Gasteiger partial charge in [-0.1, -0.05) is 24.3 Å². The lowest BCUT2D eigenvalue weighted by Gasteiger charge is -2.17. The van der Waals surface area contributed by atoms with E-state index < -0.39 is 0 Å². The van der Waals surface area contributed by atoms with E-state index >= 15 is 0 Å². The third kappa shape index (κ3) is 4.89. The van der Waals surface area contributed by atoms with E-state index in [1.165, 1.54) is 16.2 Å². The van der Waals surface area contributed by atoms with Gasteiger partial charge < -0.3 is 15.0 Å². The molecule has 1 N–H and O–H groups in total. The Morgan fingerprint density at radius 2 is 1.95 bits per heavy atom. The van der Waals surface area contributed by atoms with Crippen LogP contribution in [0.25, 0.3) is 0 Å². The maximum atomic E-state index is 11.9. The number of thiophene rings is 1. The Morgan fingerprint density at radius 3 is 2.64 bits per heavy atom. The zero-order valence-corrected chi connectivity index (χ0v) is 13.1. The van der Waals surface area contributed by atoms with Crippen molar-refractivity contribution in [3.05, 3.63) is 52.7 Å². The predicted molar refractivity (Wildman–Crippen MR) is 86.2 cm³/mol. The third-order valence-corrected chi connectivity index (χ3v) is 3.88. The number of hydrogen-bond donors (Lipinski definition) is 1. The molecule has 0 unspecified atom stereocenters. The first-order valence-electron chi connectivity index (χ1n) is 6.90. The monoisotopic (exact) mass is 318 g/mol. The van der Waals surface area contributed by atoms with Crippen molar-refractivity contribution in [2.75, 3.05) is 26.7 Å². The number of hydrogen-bond acceptors (Lipinski definition) is 4. The number of para-hydroxylation sites is 1. The van der Waals surface area contributed by atoms with Gasteiger partial charge in [0.15, 0.2) is 0 Å². The maximum absolute atomic E-state index is 11.9. The van der Waals surface area contributed by atoms with Crippen LogP contribution in [0.4, 0.5) is 0 Å². The number of amides is 2. The first-order chi connectivity index (χ1) is 10.7. The summed E-state index contributed by atoms with van der Waals surface area (Å²) in [5, 5.41) is 4.44. The molecule has 0 saturated carbocycles. The normalized spacial score (nSPS) is 10.0. The lowest BCUT2D eigenvalue weighted by Crippen LogP contribution is -2.39. The molecule has 0 aliphatic rings. The van der Waals surface area contributed by atoms with Gasteiger partial charge in [-0.05, 0) is 23.6 Å². The van der Waals surface area contributed by atoms with Crippen LogP contribution >= 0.6 is 11.3 Å². The second-order valence-electron chi connectivity index (χ2n) is 4.64. The molecule has 22 heavy (non-hydrogen) atoms. The molecule has 6 heteroatoms. The van der Waals surface area contributed by atoms with Crippen LogP contribution in [0.1, 0.15) is 9.67 Å². The second-order valence-corrected chi connectivity index (χ2v) is 5.58. The Morgan fingerprint density at radius 1 is 1.18 bits per heavy atom. The van der Waals surface area contributed by atoms with Gasteiger partial charge in [0.05, 0.1) is 18.0 Å². The summed E-state index contributed by atoms with van der Waals surface area (Å²) in [6, 6.07) is 13.0. The molecular formula is C16H18N2O3S. The molecule has 1 aromatic carbocycles. The molecule has 2 aromatic rings. The quantitative estimate of drug-likeness (QED) is 0.849. The van der Waals surface area contributed by atoms with Crippen molar-refractivity contribution >= 4 is 23.2 Å². The number of benzene rings is 1. The molecule has 0 fully saturated rings. The number of nitrogens with zero attached hydrogens (tertiary/aromatic N) is 1. The molecule has 2 rings (SSSR count). The van der Waals surface area contributed by atoms with Crippen LogP contribution in [0.2, 0.25) is 0 Å². The van der Waals surface area contributed by atoms with Crippen LogP contribution < -0.4 is 10.1 Å². The molecule has 0 bridgehead atoms. The van der Waals surface area contributed by atoms with E-state index in [2.05, 4.69) is 5.32 Å². The van der Waals surface area contributed by atoms with Gasteiger partial charge in [-0.15, -0.1) is 11.3 Å². The van der Waals surface area contributed by atoms with Crippen LogP contribution in [0.3, 0.4) is 0 Å². The molecule has 0 atom stereocenters. The number of likely N-dealkylation sites (N-methyl/N-ethyl adjacent to an activating group) is 1. The van der Waals surface area contributed by atoms with Gasteiger partial charge in [0.1, 0.15) is 12.4 Å². The van der Waals surface area contributed by atoms with Crippen LogP contribution in [0, 0.1) is 0 Å². The Balaban J connectivity index is 1.67. The number of carbonyl (C=O) groups is 2. The number of ether oxygens (including phenoxy) is 1. The Hall–Kier alpha value is -2.34. The molecule has 2 amide bonds. The summed E-state index contributed by atoms with van der Waals surface area (Å²) in [4.78, 5) is 25.8. The van der Waals surface area contributed by atoms with Crippen molar-refractivity contribution in [3.63, 3.8) is 0 Å². The fourth-order valence-electron chi connectivity index (χ4n) is 1.73. The van der Waals surface area contributed by atoms with Crippen molar-refractivity contribution in [3.8, 4) is 5.75 Å². The first-order valence-corrected chi connectivity index (χ1v) is 7.78. The zero-order chi connectivity index (χ0) is 15.8. The average Bonchev–Trinajstić information content (AvgIpc) is 3.07. The molecule has 0 aliphatic heterocycles. The third-order valence-electron chi connectivity index (χ3n) is 3.01. The molecule has 0 radical (unpaired) electrons. The van der Waals surface area contributed by atoms with Gasteiger partial charge in [0.2, 0.25) is 5.91 Å². The van der Waals surface area contributed by atoms with E-state index in [1.807, 2.05) is 35.7 Å². The van der Waals surface area contributed by atoms with Gasteiger partial charge in [-0.2, -0.15) is 0 Å². The number of rotatable bonds is 7. The standard InChI is InChI=1S/C16H18N2O3S/c1-18(9-10-21-13-6-3-2-4-7-13)15(19)12-17-16(20)14-8-5-11-22-14/h2-8,11H,9-10,12H2,1H3,(H,17,20). The predicted octanol–water partition coefficient (Wildman–Crippen LogP) is 2.02. The van der Waals surface area contributed by atoms with Gasteiger partial charge in [-0.3, -0.25) is 9.59 Å². The molecule has 1 aromatic heterocycles. The summed E-state index contributed by atoms with van der Waals surface area (Å²) in [5.41, 5.74) is 0. The molecular weight excluding hydrogens is 300 g/mol. The largest absolute Gasteiger partial charge is 0.492 e. The highest BCUT2D eigenvalue weighted by atomic mass is 32.1. The molecule has 0 spiro atoms. The molecule has 116 valence electrons. The second kappa shape index (κ2) is 8.19. The van der Waals surface area contributed by atoms with E-state index in [0.29, 0.717) is 18.0 Å². The van der Waals surface area contributed by atoms with Gasteiger partial charge in [-0.25, -0.2) is 0 Å². The maximum Gasteiger partial charge on any atom is 0.261 e. The lowest BCUT2D eigenvalue weighted by molar-refractivity contribution is -0.129. The fraction of sp³-hybridized carbons (Fsp3) is 0.250. The zero-order valence-electron chi connectivity index (χ0n) is 12.3. The minimum absolute atomic E-state index is 0.0153. The summed E-state index contributed by atoms with van der Waals surface area (Å²) in [7, 11) is 1.69. The van der Waals surface area contributed by atoms with E-state index in [9.17, 15) is 9.59 Å². The van der Waals surface area contributed by atoms with Gasteiger partial charge >= 0.3 is 0 Å². The van der Waals surface area contributed by atoms with Crippen LogP contribution in [-0.2, 0) is 4.79 Å². The van der Waals surface area contributed by atoms with Gasteiger partial charge in [0.25, 0.3) is 5.91 Å². The lowest BCUT2D eigenvalue weighted by atomic mass is 10.3. The smallest absolute Gasteiger partial charge is 0.261 e. The first kappa shape index (κ1) is 16.0. The summed E-state index contributed by atoms with van der Waals surface area (Å²) < 4.78 is 5.53. The Kier molecular flexibility index (Phi) is 5.97. The molecule has 5 nitrogen and oxygen atoms in total.